The lowest BCUT2D eigenvalue weighted by Crippen LogP contribution is -2.46. The highest BCUT2D eigenvalue weighted by molar-refractivity contribution is 6.27. The number of nitrogens with one attached hydrogen (secondary N) is 1. The largest absolute Gasteiger partial charge is 0.342 e. The minimum atomic E-state index is -1.23. The molecule has 1 N–H and O–H groups in total. The number of benzene rings is 3. The molecular formula is C24H22N2O3. The predicted molar refractivity (Wildman–Crippen MR) is 112 cm³/mol. The zero-order chi connectivity index (χ0) is 20.0. The molecule has 0 saturated carbocycles. The van der Waals surface area contributed by atoms with Crippen molar-refractivity contribution in [3.8, 4) is 0 Å². The molecule has 1 fully saturated rings. The zero-order valence-corrected chi connectivity index (χ0v) is 16.1. The number of amides is 1. The molecule has 3 aromatic rings. The van der Waals surface area contributed by atoms with Gasteiger partial charge in [0.2, 0.25) is 5.91 Å². The number of Topliss-reactive ketones (excluding diaryl/α,β-unsaturated/α-hetero) is 2. The quantitative estimate of drug-likeness (QED) is 0.555. The summed E-state index contributed by atoms with van der Waals surface area (Å²) in [6.07, 6.45) is 2.35. The summed E-state index contributed by atoms with van der Waals surface area (Å²) in [5.74, 6) is -2.41. The van der Waals surface area contributed by atoms with Gasteiger partial charge >= 0.3 is 0 Å². The van der Waals surface area contributed by atoms with E-state index in [0.29, 0.717) is 17.8 Å². The number of fused-ring (bicyclic) bond motifs is 3. The third-order valence-corrected chi connectivity index (χ3v) is 6.08. The Kier molecular flexibility index (Phi) is 4.40. The number of hydrogen-bond acceptors (Lipinski definition) is 4. The van der Waals surface area contributed by atoms with Crippen LogP contribution in [0.2, 0.25) is 0 Å². The molecule has 0 spiro atoms. The molecule has 3 aromatic carbocycles. The van der Waals surface area contributed by atoms with Crippen LogP contribution in [0.5, 0.6) is 0 Å². The first-order valence-electron chi connectivity index (χ1n) is 10.1. The fourth-order valence-corrected chi connectivity index (χ4v) is 4.50. The Bertz CT molecular complexity index is 1160. The van der Waals surface area contributed by atoms with E-state index in [1.165, 1.54) is 0 Å². The molecule has 1 heterocycles. The van der Waals surface area contributed by atoms with Gasteiger partial charge in [-0.15, -0.1) is 0 Å². The Morgan fingerprint density at radius 1 is 0.931 bits per heavy atom. The highest BCUT2D eigenvalue weighted by Gasteiger charge is 2.39. The van der Waals surface area contributed by atoms with Gasteiger partial charge in [-0.05, 0) is 77.3 Å². The van der Waals surface area contributed by atoms with Crippen molar-refractivity contribution in [1.29, 1.82) is 0 Å². The minimum absolute atomic E-state index is 0.117. The van der Waals surface area contributed by atoms with Crippen LogP contribution in [0.1, 0.15) is 28.8 Å². The molecule has 1 unspecified atom stereocenters. The van der Waals surface area contributed by atoms with Gasteiger partial charge in [0.05, 0.1) is 6.67 Å². The summed E-state index contributed by atoms with van der Waals surface area (Å²) >= 11 is 0. The number of likely N-dealkylation sites (tertiary alicyclic amines) is 1. The van der Waals surface area contributed by atoms with Gasteiger partial charge in [0, 0.05) is 12.0 Å². The second kappa shape index (κ2) is 7.08. The Morgan fingerprint density at radius 2 is 1.59 bits per heavy atom. The molecule has 1 aliphatic carbocycles. The first kappa shape index (κ1) is 18.0. The number of hydrogen-bond donors (Lipinski definition) is 1. The maximum Gasteiger partial charge on any atom is 0.239 e. The lowest BCUT2D eigenvalue weighted by atomic mass is 9.80. The lowest BCUT2D eigenvalue weighted by Gasteiger charge is -2.24. The van der Waals surface area contributed by atoms with Gasteiger partial charge in [-0.25, -0.2) is 0 Å². The standard InChI is InChI=1S/C24H22N2O3/c27-21-13-19-11-17-9-15-5-1-2-6-16(15)10-18(17)12-20(19)23(28)22(21)24(29)25-14-26-7-3-4-8-26/h1-2,5-6,9-12,22H,3-4,7-8,13-14H2,(H,25,29). The minimum Gasteiger partial charge on any atom is -0.342 e. The van der Waals surface area contributed by atoms with E-state index in [1.807, 2.05) is 36.4 Å². The van der Waals surface area contributed by atoms with Gasteiger partial charge in [0.25, 0.3) is 0 Å². The van der Waals surface area contributed by atoms with Crippen LogP contribution in [-0.4, -0.2) is 42.1 Å². The molecule has 1 atom stereocenters. The number of carbonyl (C=O) groups is 3. The van der Waals surface area contributed by atoms with Crippen molar-refractivity contribution in [2.75, 3.05) is 19.8 Å². The van der Waals surface area contributed by atoms with Crippen LogP contribution < -0.4 is 5.32 Å². The second-order valence-electron chi connectivity index (χ2n) is 8.02. The Balaban J connectivity index is 1.47. The summed E-state index contributed by atoms with van der Waals surface area (Å²) in [5, 5.41) is 6.95. The van der Waals surface area contributed by atoms with Crippen LogP contribution in [0, 0.1) is 5.92 Å². The van der Waals surface area contributed by atoms with Gasteiger partial charge < -0.3 is 5.32 Å². The van der Waals surface area contributed by atoms with Gasteiger partial charge in [-0.1, -0.05) is 24.3 Å². The summed E-state index contributed by atoms with van der Waals surface area (Å²) in [6.45, 7) is 2.28. The SMILES string of the molecule is O=C1Cc2cc3cc4ccccc4cc3cc2C(=O)C1C(=O)NCN1CCCC1. The van der Waals surface area contributed by atoms with Gasteiger partial charge in [0.15, 0.2) is 17.5 Å². The number of nitrogens with zero attached hydrogens (tertiary/aromatic N) is 1. The molecule has 1 amide bonds. The van der Waals surface area contributed by atoms with Crippen LogP contribution in [0.3, 0.4) is 0 Å². The molecule has 1 aliphatic heterocycles. The van der Waals surface area contributed by atoms with E-state index in [2.05, 4.69) is 22.3 Å². The fourth-order valence-electron chi connectivity index (χ4n) is 4.50. The molecule has 29 heavy (non-hydrogen) atoms. The van der Waals surface area contributed by atoms with E-state index in [-0.39, 0.29) is 18.0 Å². The second-order valence-corrected chi connectivity index (χ2v) is 8.02. The van der Waals surface area contributed by atoms with E-state index in [1.54, 1.807) is 0 Å². The molecule has 146 valence electrons. The monoisotopic (exact) mass is 386 g/mol. The molecule has 5 heteroatoms. The molecule has 0 aromatic heterocycles. The third kappa shape index (κ3) is 3.21. The smallest absolute Gasteiger partial charge is 0.239 e. The Morgan fingerprint density at radius 3 is 2.28 bits per heavy atom. The Hall–Kier alpha value is -3.05. The maximum absolute atomic E-state index is 13.1. The molecule has 5 nitrogen and oxygen atoms in total. The van der Waals surface area contributed by atoms with Crippen LogP contribution in [0.4, 0.5) is 0 Å². The van der Waals surface area contributed by atoms with Crippen molar-refractivity contribution >= 4 is 39.0 Å². The molecule has 1 saturated heterocycles. The van der Waals surface area contributed by atoms with E-state index < -0.39 is 11.8 Å². The van der Waals surface area contributed by atoms with E-state index in [9.17, 15) is 14.4 Å². The van der Waals surface area contributed by atoms with Crippen molar-refractivity contribution in [1.82, 2.24) is 10.2 Å². The third-order valence-electron chi connectivity index (χ3n) is 6.08. The number of carbonyl (C=O) groups excluding carboxylic acids is 3. The number of rotatable bonds is 3. The van der Waals surface area contributed by atoms with Gasteiger partial charge in [-0.2, -0.15) is 0 Å². The summed E-state index contributed by atoms with van der Waals surface area (Å²) in [4.78, 5) is 40.5. The van der Waals surface area contributed by atoms with E-state index >= 15 is 0 Å². The molecule has 0 radical (unpaired) electrons. The average Bonchev–Trinajstić information content (AvgIpc) is 3.23. The van der Waals surface area contributed by atoms with Crippen molar-refractivity contribution in [3.05, 3.63) is 59.7 Å². The highest BCUT2D eigenvalue weighted by atomic mass is 16.2. The first-order valence-corrected chi connectivity index (χ1v) is 10.1. The molecular weight excluding hydrogens is 364 g/mol. The maximum atomic E-state index is 13.1. The Labute approximate surface area is 168 Å². The fraction of sp³-hybridized carbons (Fsp3) is 0.292. The van der Waals surface area contributed by atoms with Gasteiger partial charge in [-0.3, -0.25) is 19.3 Å². The summed E-state index contributed by atoms with van der Waals surface area (Å²) < 4.78 is 0. The van der Waals surface area contributed by atoms with Crippen molar-refractivity contribution in [3.63, 3.8) is 0 Å². The van der Waals surface area contributed by atoms with Crippen LogP contribution in [0.25, 0.3) is 21.5 Å². The van der Waals surface area contributed by atoms with Crippen LogP contribution in [-0.2, 0) is 16.0 Å². The summed E-state index contributed by atoms with van der Waals surface area (Å²) in [5.41, 5.74) is 1.21. The van der Waals surface area contributed by atoms with Crippen LogP contribution in [0.15, 0.2) is 48.5 Å². The van der Waals surface area contributed by atoms with E-state index in [4.69, 9.17) is 0 Å². The first-order chi connectivity index (χ1) is 14.1. The van der Waals surface area contributed by atoms with Crippen molar-refractivity contribution < 1.29 is 14.4 Å². The molecule has 0 bridgehead atoms. The summed E-state index contributed by atoms with van der Waals surface area (Å²) in [7, 11) is 0. The predicted octanol–water partition coefficient (Wildman–Crippen LogP) is 3.09. The molecule has 5 rings (SSSR count). The van der Waals surface area contributed by atoms with Gasteiger partial charge in [0.1, 0.15) is 0 Å². The van der Waals surface area contributed by atoms with E-state index in [0.717, 1.165) is 47.5 Å². The topological polar surface area (TPSA) is 66.5 Å². The number of ketones is 2. The van der Waals surface area contributed by atoms with Crippen LogP contribution >= 0.6 is 0 Å². The average molecular weight is 386 g/mol. The lowest BCUT2D eigenvalue weighted by molar-refractivity contribution is -0.132. The normalized spacial score (nSPS) is 19.7. The molecule has 2 aliphatic rings. The summed E-state index contributed by atoms with van der Waals surface area (Å²) in [6, 6.07) is 15.9. The van der Waals surface area contributed by atoms with Crippen molar-refractivity contribution in [2.45, 2.75) is 19.3 Å². The van der Waals surface area contributed by atoms with Crippen molar-refractivity contribution in [2.24, 2.45) is 5.92 Å². The highest BCUT2D eigenvalue weighted by Crippen LogP contribution is 2.30. The zero-order valence-electron chi connectivity index (χ0n) is 16.1.